The van der Waals surface area contributed by atoms with Gasteiger partial charge in [0.1, 0.15) is 10.5 Å². The summed E-state index contributed by atoms with van der Waals surface area (Å²) in [5.74, 6) is 1.65. The zero-order chi connectivity index (χ0) is 18.9. The summed E-state index contributed by atoms with van der Waals surface area (Å²) in [5.41, 5.74) is 1.74. The third-order valence-corrected chi connectivity index (χ3v) is 6.09. The number of ether oxygens (including phenoxy) is 2. The number of anilines is 2. The van der Waals surface area contributed by atoms with E-state index in [1.54, 1.807) is 17.5 Å². The molecule has 0 radical (unpaired) electrons. The van der Waals surface area contributed by atoms with Crippen LogP contribution in [0.4, 0.5) is 11.8 Å². The molecule has 0 saturated carbocycles. The Morgan fingerprint density at radius 3 is 2.89 bits per heavy atom. The van der Waals surface area contributed by atoms with Crippen LogP contribution >= 0.6 is 11.3 Å². The van der Waals surface area contributed by atoms with Crippen molar-refractivity contribution in [3.8, 4) is 10.7 Å². The largest absolute Gasteiger partial charge is 0.380 e. The Morgan fingerprint density at radius 1 is 1.11 bits per heavy atom. The van der Waals surface area contributed by atoms with Crippen LogP contribution in [0.1, 0.15) is 13.3 Å². The molecule has 10 heteroatoms. The minimum atomic E-state index is 0.240. The molecule has 3 aromatic heterocycles. The van der Waals surface area contributed by atoms with Gasteiger partial charge in [0, 0.05) is 32.4 Å². The number of thiazole rings is 1. The molecule has 5 heterocycles. The summed E-state index contributed by atoms with van der Waals surface area (Å²) in [6.07, 6.45) is 2.72. The van der Waals surface area contributed by atoms with Crippen molar-refractivity contribution in [3.05, 3.63) is 12.3 Å². The number of hydrogen-bond acceptors (Lipinski definition) is 9. The number of morpholine rings is 1. The van der Waals surface area contributed by atoms with Gasteiger partial charge in [-0.05, 0) is 19.4 Å². The van der Waals surface area contributed by atoms with Crippen molar-refractivity contribution in [2.24, 2.45) is 0 Å². The maximum Gasteiger partial charge on any atom is 0.228 e. The monoisotopic (exact) mass is 401 g/mol. The minimum Gasteiger partial charge on any atom is -0.380 e. The lowest BCUT2D eigenvalue weighted by Crippen LogP contribution is -2.44. The standard InChI is InChI=1S/C18H23N7O2S/c1-12-11-27-10-7-25(12)15-14-17(28-16(20-14)13-3-4-19-23-13)22-18(21-15)24-5-2-8-26-9-6-24/h3-4,12H,2,5-11H2,1H3,(H,19,23)/t12-/m1/s1. The smallest absolute Gasteiger partial charge is 0.228 e. The molecule has 0 amide bonds. The summed E-state index contributed by atoms with van der Waals surface area (Å²) >= 11 is 1.57. The van der Waals surface area contributed by atoms with Crippen LogP contribution in [0.5, 0.6) is 0 Å². The molecule has 0 spiro atoms. The van der Waals surface area contributed by atoms with Gasteiger partial charge in [0.2, 0.25) is 5.95 Å². The van der Waals surface area contributed by atoms with Crippen LogP contribution in [-0.4, -0.2) is 77.3 Å². The van der Waals surface area contributed by atoms with Crippen LogP contribution < -0.4 is 9.80 Å². The van der Waals surface area contributed by atoms with E-state index < -0.39 is 0 Å². The number of fused-ring (bicyclic) bond motifs is 1. The molecule has 0 bridgehead atoms. The second kappa shape index (κ2) is 7.61. The summed E-state index contributed by atoms with van der Waals surface area (Å²) in [5, 5.41) is 7.92. The molecule has 2 saturated heterocycles. The van der Waals surface area contributed by atoms with Gasteiger partial charge in [0.25, 0.3) is 0 Å². The average Bonchev–Trinajstić information content (AvgIpc) is 3.31. The van der Waals surface area contributed by atoms with Crippen molar-refractivity contribution in [1.29, 1.82) is 0 Å². The summed E-state index contributed by atoms with van der Waals surface area (Å²) in [4.78, 5) is 20.1. The number of aromatic nitrogens is 5. The van der Waals surface area contributed by atoms with Crippen LogP contribution in [0.25, 0.3) is 21.0 Å². The first-order valence-electron chi connectivity index (χ1n) is 9.65. The molecule has 1 atom stereocenters. The minimum absolute atomic E-state index is 0.240. The van der Waals surface area contributed by atoms with Gasteiger partial charge in [-0.2, -0.15) is 15.1 Å². The Kier molecular flexibility index (Phi) is 4.83. The number of nitrogens with zero attached hydrogens (tertiary/aromatic N) is 6. The van der Waals surface area contributed by atoms with Crippen molar-refractivity contribution < 1.29 is 9.47 Å². The Bertz CT molecular complexity index is 937. The van der Waals surface area contributed by atoms with Gasteiger partial charge in [-0.1, -0.05) is 11.3 Å². The summed E-state index contributed by atoms with van der Waals surface area (Å²) in [6, 6.07) is 2.17. The molecule has 9 nitrogen and oxygen atoms in total. The molecule has 28 heavy (non-hydrogen) atoms. The van der Waals surface area contributed by atoms with Crippen molar-refractivity contribution >= 4 is 33.5 Å². The Balaban J connectivity index is 1.62. The van der Waals surface area contributed by atoms with Gasteiger partial charge < -0.3 is 19.3 Å². The lowest BCUT2D eigenvalue weighted by atomic mass is 10.2. The van der Waals surface area contributed by atoms with E-state index in [9.17, 15) is 0 Å². The van der Waals surface area contributed by atoms with Crippen LogP contribution in [0, 0.1) is 0 Å². The fourth-order valence-electron chi connectivity index (χ4n) is 3.62. The van der Waals surface area contributed by atoms with E-state index in [0.717, 1.165) is 65.5 Å². The highest BCUT2D eigenvalue weighted by atomic mass is 32.1. The second-order valence-corrected chi connectivity index (χ2v) is 8.04. The van der Waals surface area contributed by atoms with E-state index >= 15 is 0 Å². The molecule has 2 fully saturated rings. The quantitative estimate of drug-likeness (QED) is 0.712. The topological polar surface area (TPSA) is 92.3 Å². The second-order valence-electron chi connectivity index (χ2n) is 7.06. The molecule has 2 aliphatic heterocycles. The molecule has 148 valence electrons. The lowest BCUT2D eigenvalue weighted by Gasteiger charge is -2.34. The molecule has 0 unspecified atom stereocenters. The summed E-state index contributed by atoms with van der Waals surface area (Å²) in [6.45, 7) is 7.53. The summed E-state index contributed by atoms with van der Waals surface area (Å²) in [7, 11) is 0. The van der Waals surface area contributed by atoms with Crippen molar-refractivity contribution in [1.82, 2.24) is 25.1 Å². The van der Waals surface area contributed by atoms with Gasteiger partial charge >= 0.3 is 0 Å². The Labute approximate surface area is 166 Å². The highest BCUT2D eigenvalue weighted by Crippen LogP contribution is 2.35. The Morgan fingerprint density at radius 2 is 2.04 bits per heavy atom. The van der Waals surface area contributed by atoms with Gasteiger partial charge in [-0.25, -0.2) is 4.98 Å². The van der Waals surface area contributed by atoms with Crippen molar-refractivity contribution in [2.45, 2.75) is 19.4 Å². The SMILES string of the molecule is C[C@@H]1COCCN1c1nc(N2CCCOCC2)nc2sc(-c3ccn[nH]3)nc12. The fraction of sp³-hybridized carbons (Fsp3) is 0.556. The first-order chi connectivity index (χ1) is 13.8. The van der Waals surface area contributed by atoms with E-state index in [1.165, 1.54) is 0 Å². The predicted molar refractivity (Wildman–Crippen MR) is 108 cm³/mol. The van der Waals surface area contributed by atoms with Gasteiger partial charge in [0.15, 0.2) is 10.6 Å². The van der Waals surface area contributed by atoms with Crippen LogP contribution in [0.2, 0.25) is 0 Å². The van der Waals surface area contributed by atoms with Crippen LogP contribution in [0.15, 0.2) is 12.3 Å². The maximum absolute atomic E-state index is 5.63. The number of hydrogen-bond donors (Lipinski definition) is 1. The van der Waals surface area contributed by atoms with Crippen LogP contribution in [-0.2, 0) is 9.47 Å². The first-order valence-corrected chi connectivity index (χ1v) is 10.5. The van der Waals surface area contributed by atoms with Gasteiger partial charge in [-0.15, -0.1) is 0 Å². The third-order valence-electron chi connectivity index (χ3n) is 5.10. The molecule has 3 aromatic rings. The van der Waals surface area contributed by atoms with Gasteiger partial charge in [0.05, 0.1) is 31.6 Å². The van der Waals surface area contributed by atoms with E-state index in [1.807, 2.05) is 6.07 Å². The number of rotatable bonds is 3. The molecule has 5 rings (SSSR count). The van der Waals surface area contributed by atoms with Gasteiger partial charge in [-0.3, -0.25) is 5.10 Å². The molecule has 0 aromatic carbocycles. The summed E-state index contributed by atoms with van der Waals surface area (Å²) < 4.78 is 11.2. The molecule has 1 N–H and O–H groups in total. The van der Waals surface area contributed by atoms with E-state index in [4.69, 9.17) is 24.4 Å². The zero-order valence-electron chi connectivity index (χ0n) is 15.8. The van der Waals surface area contributed by atoms with Crippen molar-refractivity contribution in [3.63, 3.8) is 0 Å². The Hall–Kier alpha value is -2.30. The normalized spacial score (nSPS) is 21.2. The van der Waals surface area contributed by atoms with E-state index in [2.05, 4.69) is 26.9 Å². The maximum atomic E-state index is 5.63. The average molecular weight is 401 g/mol. The van der Waals surface area contributed by atoms with Crippen LogP contribution in [0.3, 0.4) is 0 Å². The highest BCUT2D eigenvalue weighted by molar-refractivity contribution is 7.21. The van der Waals surface area contributed by atoms with E-state index in [-0.39, 0.29) is 6.04 Å². The number of aromatic amines is 1. The number of H-pyrrole nitrogens is 1. The predicted octanol–water partition coefficient (Wildman–Crippen LogP) is 1.93. The highest BCUT2D eigenvalue weighted by Gasteiger charge is 2.27. The lowest BCUT2D eigenvalue weighted by molar-refractivity contribution is 0.0987. The third kappa shape index (κ3) is 3.31. The zero-order valence-corrected chi connectivity index (χ0v) is 16.6. The first kappa shape index (κ1) is 17.8. The molecule has 0 aliphatic carbocycles. The number of nitrogens with one attached hydrogen (secondary N) is 1. The molecule has 2 aliphatic rings. The molecular formula is C18H23N7O2S. The van der Waals surface area contributed by atoms with E-state index in [0.29, 0.717) is 19.8 Å². The molecular weight excluding hydrogens is 378 g/mol. The van der Waals surface area contributed by atoms with Crippen molar-refractivity contribution in [2.75, 3.05) is 55.9 Å². The fourth-order valence-corrected chi connectivity index (χ4v) is 4.52.